The summed E-state index contributed by atoms with van der Waals surface area (Å²) in [5.41, 5.74) is 3.85. The summed E-state index contributed by atoms with van der Waals surface area (Å²) in [6, 6.07) is 8.38. The standard InChI is InChI=1S/C11H11N/c1-9-8-12-7-6-10-4-2-3-5-11(9)10/h2-8,12H,1H3. The number of benzene rings is 1. The van der Waals surface area contributed by atoms with Crippen molar-refractivity contribution in [2.45, 2.75) is 6.92 Å². The van der Waals surface area contributed by atoms with Gasteiger partial charge in [-0.15, -0.1) is 0 Å². The number of rotatable bonds is 0. The molecular weight excluding hydrogens is 146 g/mol. The first-order valence-electron chi connectivity index (χ1n) is 4.07. The molecule has 1 nitrogen and oxygen atoms in total. The Labute approximate surface area is 72.4 Å². The number of nitrogens with one attached hydrogen (secondary N) is 1. The van der Waals surface area contributed by atoms with Gasteiger partial charge >= 0.3 is 0 Å². The van der Waals surface area contributed by atoms with Gasteiger partial charge in [0.25, 0.3) is 0 Å². The Bertz CT molecular complexity index is 348. The van der Waals surface area contributed by atoms with Crippen LogP contribution in [0.2, 0.25) is 0 Å². The molecule has 1 heteroatoms. The van der Waals surface area contributed by atoms with Crippen molar-refractivity contribution in [3.63, 3.8) is 0 Å². The Morgan fingerprint density at radius 2 is 2.00 bits per heavy atom. The van der Waals surface area contributed by atoms with Gasteiger partial charge in [-0.3, -0.25) is 0 Å². The highest BCUT2D eigenvalue weighted by Crippen LogP contribution is 2.20. The third-order valence-electron chi connectivity index (χ3n) is 2.04. The molecule has 0 aromatic heterocycles. The molecule has 1 aromatic rings. The number of hydrogen-bond acceptors (Lipinski definition) is 1. The van der Waals surface area contributed by atoms with E-state index in [0.717, 1.165) is 0 Å². The van der Waals surface area contributed by atoms with Crippen molar-refractivity contribution < 1.29 is 0 Å². The smallest absolute Gasteiger partial charge is 0.00401 e. The van der Waals surface area contributed by atoms with Crippen molar-refractivity contribution in [2.24, 2.45) is 0 Å². The first kappa shape index (κ1) is 7.17. The lowest BCUT2D eigenvalue weighted by Gasteiger charge is -2.02. The van der Waals surface area contributed by atoms with Crippen molar-refractivity contribution >= 4 is 11.6 Å². The van der Waals surface area contributed by atoms with Gasteiger partial charge in [-0.2, -0.15) is 0 Å². The lowest BCUT2D eigenvalue weighted by molar-refractivity contribution is 1.21. The van der Waals surface area contributed by atoms with Gasteiger partial charge in [-0.05, 0) is 29.7 Å². The van der Waals surface area contributed by atoms with E-state index in [1.807, 2.05) is 12.4 Å². The maximum absolute atomic E-state index is 3.10. The van der Waals surface area contributed by atoms with Gasteiger partial charge in [0.1, 0.15) is 0 Å². The Morgan fingerprint density at radius 1 is 1.17 bits per heavy atom. The normalized spacial score (nSPS) is 14.2. The topological polar surface area (TPSA) is 12.0 Å². The minimum atomic E-state index is 1.27. The van der Waals surface area contributed by atoms with Crippen LogP contribution >= 0.6 is 0 Å². The van der Waals surface area contributed by atoms with Gasteiger partial charge < -0.3 is 5.32 Å². The van der Waals surface area contributed by atoms with Crippen LogP contribution in [-0.4, -0.2) is 0 Å². The molecule has 1 aliphatic rings. The summed E-state index contributed by atoms with van der Waals surface area (Å²) in [6.45, 7) is 2.11. The molecule has 1 heterocycles. The molecule has 0 spiro atoms. The van der Waals surface area contributed by atoms with E-state index in [4.69, 9.17) is 0 Å². The van der Waals surface area contributed by atoms with Crippen molar-refractivity contribution in [1.82, 2.24) is 5.32 Å². The van der Waals surface area contributed by atoms with Gasteiger partial charge in [0.15, 0.2) is 0 Å². The fraction of sp³-hybridized carbons (Fsp3) is 0.0909. The van der Waals surface area contributed by atoms with E-state index in [-0.39, 0.29) is 0 Å². The summed E-state index contributed by atoms with van der Waals surface area (Å²) in [6.07, 6.45) is 6.06. The predicted molar refractivity (Wildman–Crippen MR) is 52.3 cm³/mol. The fourth-order valence-electron chi connectivity index (χ4n) is 1.39. The predicted octanol–water partition coefficient (Wildman–Crippen LogP) is 2.62. The van der Waals surface area contributed by atoms with Gasteiger partial charge in [-0.1, -0.05) is 24.3 Å². The zero-order valence-electron chi connectivity index (χ0n) is 7.04. The number of fused-ring (bicyclic) bond motifs is 1. The second kappa shape index (κ2) is 2.86. The third kappa shape index (κ3) is 1.14. The van der Waals surface area contributed by atoms with Crippen LogP contribution in [0.3, 0.4) is 0 Å². The van der Waals surface area contributed by atoms with Gasteiger partial charge in [0.2, 0.25) is 0 Å². The number of allylic oxidation sites excluding steroid dienone is 1. The van der Waals surface area contributed by atoms with Crippen LogP contribution < -0.4 is 5.32 Å². The van der Waals surface area contributed by atoms with Crippen LogP contribution in [-0.2, 0) is 0 Å². The molecule has 0 amide bonds. The van der Waals surface area contributed by atoms with Crippen molar-refractivity contribution in [3.8, 4) is 0 Å². The summed E-state index contributed by atoms with van der Waals surface area (Å²) < 4.78 is 0. The molecule has 0 saturated heterocycles. The highest BCUT2D eigenvalue weighted by atomic mass is 14.8. The molecule has 1 N–H and O–H groups in total. The van der Waals surface area contributed by atoms with Gasteiger partial charge in [-0.25, -0.2) is 0 Å². The van der Waals surface area contributed by atoms with Crippen LogP contribution in [0.5, 0.6) is 0 Å². The molecular formula is C11H11N. The van der Waals surface area contributed by atoms with Crippen LogP contribution in [0.4, 0.5) is 0 Å². The molecule has 0 unspecified atom stereocenters. The van der Waals surface area contributed by atoms with E-state index in [0.29, 0.717) is 0 Å². The minimum Gasteiger partial charge on any atom is -0.367 e. The summed E-state index contributed by atoms with van der Waals surface area (Å²) in [5, 5.41) is 3.10. The summed E-state index contributed by atoms with van der Waals surface area (Å²) >= 11 is 0. The van der Waals surface area contributed by atoms with E-state index in [1.165, 1.54) is 16.7 Å². The largest absolute Gasteiger partial charge is 0.367 e. The third-order valence-corrected chi connectivity index (χ3v) is 2.04. The highest BCUT2D eigenvalue weighted by molar-refractivity contribution is 5.74. The maximum atomic E-state index is 3.10. The molecule has 0 fully saturated rings. The first-order valence-corrected chi connectivity index (χ1v) is 4.07. The lowest BCUT2D eigenvalue weighted by atomic mass is 10.0. The summed E-state index contributed by atoms with van der Waals surface area (Å²) in [5.74, 6) is 0. The monoisotopic (exact) mass is 157 g/mol. The average molecular weight is 157 g/mol. The highest BCUT2D eigenvalue weighted by Gasteiger charge is 2.01. The average Bonchev–Trinajstić information content (AvgIpc) is 2.29. The van der Waals surface area contributed by atoms with E-state index in [9.17, 15) is 0 Å². The molecule has 2 rings (SSSR count). The Balaban J connectivity index is 2.62. The van der Waals surface area contributed by atoms with E-state index in [1.54, 1.807) is 0 Å². The van der Waals surface area contributed by atoms with Crippen molar-refractivity contribution in [3.05, 3.63) is 47.8 Å². The Kier molecular flexibility index (Phi) is 1.71. The summed E-state index contributed by atoms with van der Waals surface area (Å²) in [4.78, 5) is 0. The quantitative estimate of drug-likeness (QED) is 0.610. The zero-order chi connectivity index (χ0) is 8.39. The van der Waals surface area contributed by atoms with Crippen molar-refractivity contribution in [2.75, 3.05) is 0 Å². The fourth-order valence-corrected chi connectivity index (χ4v) is 1.39. The molecule has 12 heavy (non-hydrogen) atoms. The number of hydrogen-bond donors (Lipinski definition) is 1. The minimum absolute atomic E-state index is 1.27. The molecule has 0 saturated carbocycles. The second-order valence-corrected chi connectivity index (χ2v) is 2.91. The molecule has 0 radical (unpaired) electrons. The molecule has 0 atom stereocenters. The Morgan fingerprint density at radius 3 is 2.92 bits per heavy atom. The second-order valence-electron chi connectivity index (χ2n) is 2.91. The van der Waals surface area contributed by atoms with Crippen LogP contribution in [0.15, 0.2) is 36.7 Å². The molecule has 1 aliphatic heterocycles. The van der Waals surface area contributed by atoms with Crippen LogP contribution in [0.25, 0.3) is 11.6 Å². The first-order chi connectivity index (χ1) is 5.88. The zero-order valence-corrected chi connectivity index (χ0v) is 7.04. The van der Waals surface area contributed by atoms with E-state index in [2.05, 4.69) is 42.6 Å². The maximum Gasteiger partial charge on any atom is 0.00401 e. The van der Waals surface area contributed by atoms with Gasteiger partial charge in [0, 0.05) is 12.4 Å². The van der Waals surface area contributed by atoms with Crippen molar-refractivity contribution in [1.29, 1.82) is 0 Å². The van der Waals surface area contributed by atoms with Crippen LogP contribution in [0.1, 0.15) is 18.1 Å². The molecule has 0 bridgehead atoms. The van der Waals surface area contributed by atoms with Crippen LogP contribution in [0, 0.1) is 0 Å². The molecule has 60 valence electrons. The van der Waals surface area contributed by atoms with E-state index < -0.39 is 0 Å². The SMILES string of the molecule is CC1=CNC=Cc2ccccc21. The molecule has 1 aromatic carbocycles. The lowest BCUT2D eigenvalue weighted by Crippen LogP contribution is -1.90. The Hall–Kier alpha value is -1.50. The molecule has 0 aliphatic carbocycles. The summed E-state index contributed by atoms with van der Waals surface area (Å²) in [7, 11) is 0. The van der Waals surface area contributed by atoms with Gasteiger partial charge in [0.05, 0.1) is 0 Å². The van der Waals surface area contributed by atoms with E-state index >= 15 is 0 Å².